The Labute approximate surface area is 604 Å². The van der Waals surface area contributed by atoms with Gasteiger partial charge in [-0.05, 0) is 134 Å². The molecule has 100 heavy (non-hydrogen) atoms. The maximum atomic E-state index is 10.3. The molecule has 2 saturated carbocycles. The number of rotatable bonds is 10. The number of anilines is 5. The second-order valence-corrected chi connectivity index (χ2v) is 24.3. The van der Waals surface area contributed by atoms with Gasteiger partial charge in [0.1, 0.15) is 24.3 Å². The Balaban J connectivity index is 0.000000190. The number of hydrogen-bond acceptors (Lipinski definition) is 26. The van der Waals surface area contributed by atoms with Gasteiger partial charge in [0, 0.05) is 101 Å². The van der Waals surface area contributed by atoms with Gasteiger partial charge >= 0.3 is 12.8 Å². The Kier molecular flexibility index (Phi) is 34.8. The van der Waals surface area contributed by atoms with Gasteiger partial charge in [0.25, 0.3) is 0 Å². The molecule has 8 heterocycles. The Morgan fingerprint density at radius 2 is 0.950 bits per heavy atom. The van der Waals surface area contributed by atoms with Gasteiger partial charge < -0.3 is 52.5 Å². The van der Waals surface area contributed by atoms with Gasteiger partial charge in [-0.25, -0.2) is 54.8 Å². The molecule has 27 nitrogen and oxygen atoms in total. The fourth-order valence-electron chi connectivity index (χ4n) is 9.16. The molecule has 0 amide bonds. The van der Waals surface area contributed by atoms with E-state index in [-0.39, 0.29) is 35.4 Å². The molecule has 514 valence electrons. The third-order valence-electron chi connectivity index (χ3n) is 14.1. The van der Waals surface area contributed by atoms with Crippen LogP contribution >= 0.6 is 47.8 Å². The van der Waals surface area contributed by atoms with Gasteiger partial charge in [-0.2, -0.15) is 15.8 Å². The third kappa shape index (κ3) is 29.7. The summed E-state index contributed by atoms with van der Waals surface area (Å²) in [5, 5.41) is 69.5. The summed E-state index contributed by atoms with van der Waals surface area (Å²) in [6.07, 6.45) is 32.0. The highest BCUT2D eigenvalue weighted by molar-refractivity contribution is 9.11. The van der Waals surface area contributed by atoms with Crippen molar-refractivity contribution in [3.63, 3.8) is 0 Å². The fourth-order valence-corrected chi connectivity index (χ4v) is 9.99. The Morgan fingerprint density at radius 3 is 1.40 bits per heavy atom. The number of benzene rings is 3. The first-order chi connectivity index (χ1) is 48.5. The van der Waals surface area contributed by atoms with Gasteiger partial charge in [-0.1, -0.05) is 117 Å². The topological polar surface area (TPSA) is 438 Å². The molecule has 11 N–H and O–H groups in total. The van der Waals surface area contributed by atoms with Crippen molar-refractivity contribution in [2.75, 3.05) is 35.6 Å². The molecule has 3 fully saturated rings. The number of aliphatic hydroxyl groups is 1. The Morgan fingerprint density at radius 1 is 0.510 bits per heavy atom. The van der Waals surface area contributed by atoms with Gasteiger partial charge in [0.15, 0.2) is 22.9 Å². The first kappa shape index (κ1) is 78.4. The number of aromatic nitrogens is 11. The number of ether oxygens (including phenoxy) is 2. The Bertz CT molecular complexity index is 4120. The van der Waals surface area contributed by atoms with E-state index in [2.05, 4.69) is 125 Å². The van der Waals surface area contributed by atoms with Crippen molar-refractivity contribution in [2.45, 2.75) is 95.4 Å². The molecule has 10 aromatic rings. The number of nitrogens with one attached hydrogen (secondary N) is 2. The smallest absolute Gasteiger partial charge is 0.487 e. The number of aliphatic hydroxyl groups excluding tert-OH is 1. The molecule has 0 spiro atoms. The summed E-state index contributed by atoms with van der Waals surface area (Å²) >= 11 is 9.52. The highest BCUT2D eigenvalue weighted by atomic mass is 79.9. The number of halogens is 3. The number of pyridine rings is 3. The maximum absolute atomic E-state index is 10.3. The monoisotopic (exact) mass is 1540 g/mol. The van der Waals surface area contributed by atoms with Crippen molar-refractivity contribution in [2.24, 2.45) is 0 Å². The summed E-state index contributed by atoms with van der Waals surface area (Å²) < 4.78 is 14.0. The number of nitro groups is 1. The van der Waals surface area contributed by atoms with Crippen molar-refractivity contribution < 1.29 is 29.6 Å². The van der Waals surface area contributed by atoms with Gasteiger partial charge in [0.05, 0.1) is 33.5 Å². The lowest BCUT2D eigenvalue weighted by Crippen LogP contribution is -2.37. The zero-order valence-electron chi connectivity index (χ0n) is 54.1. The van der Waals surface area contributed by atoms with Crippen LogP contribution < -0.4 is 42.8 Å². The molecule has 31 heteroatoms. The second-order valence-electron chi connectivity index (χ2n) is 21.6. The summed E-state index contributed by atoms with van der Waals surface area (Å²) in [4.78, 5) is 52.8. The van der Waals surface area contributed by atoms with E-state index in [1.54, 1.807) is 104 Å². The van der Waals surface area contributed by atoms with E-state index < -0.39 is 12.0 Å². The number of nitrogens with two attached hydrogens (primary N) is 3. The minimum Gasteiger partial charge on any atom is -0.487 e. The number of nitriles is 3. The predicted octanol–water partition coefficient (Wildman–Crippen LogP) is 11.6. The van der Waals surface area contributed by atoms with Crippen molar-refractivity contribution in [1.82, 2.24) is 60.1 Å². The molecule has 13 rings (SSSR count). The first-order valence-electron chi connectivity index (χ1n) is 31.3. The van der Waals surface area contributed by atoms with Gasteiger partial charge in [-0.3, -0.25) is 10.1 Å². The zero-order valence-corrected chi connectivity index (χ0v) is 58.8. The van der Waals surface area contributed by atoms with E-state index in [4.69, 9.17) is 52.4 Å². The Hall–Kier alpha value is -10.6. The average Bonchev–Trinajstić information content (AvgIpc) is 0.861. The van der Waals surface area contributed by atoms with Gasteiger partial charge in [-0.15, -0.1) is 0 Å². The standard InChI is InChI=1S/C21H20N6O.C12H13BrN2O.C10H9N3.C6H7BO2.C6H2BrN3O2.C6H12O.C4H4BrN3.C4H5N3/c22-10-19-20(28-18-7-4-8-23-14-18)9-17(13-24-19)27-21-25-11-16(12-26-21)15-5-2-1-3-6-15;13-9-6-12(11(7-14)15-8-9)16-10-4-2-1-3-5-10;11-10-12-6-9(7-13-10)8-4-2-1-3-5-8;8-7(9)6-4-2-1-3-5-6;7-4-1-6(10(11)12)5(2-8)9-3-4;7-6-4-2-1-3-5-6;5-3-1-7-4(6)8-2-3;5-4-6-2-1-3-7-4/h1-3,5-6,9,11-13,18,23H,4,7-8,14H2,(H,25,26,27);6,8,10H,1-5H2;1-7H,(H2,11,12,13);1-5,8-9H;1,3H;6-7H,1-5H2;1-2H,(H2,6,7,8);1-3H,(H2,5,6,7). The summed E-state index contributed by atoms with van der Waals surface area (Å²) in [6.45, 7) is 1.77. The fraction of sp³-hybridized carbons (Fsp3) is 0.246. The SMILES string of the molecule is N#Cc1ncc(Br)cc1OC1CCCCC1.N#Cc1ncc(Br)cc1[N+](=O)[O-].N#Cc1ncc(Nc2ncc(-c3ccccc3)cn2)cc1OC1CCCNC1.Nc1ncc(-c2ccccc2)cn1.Nc1ncc(Br)cn1.Nc1ncccn1.OB(O)c1ccccc1.OC1CCCCC1. The largest absolute Gasteiger partial charge is 0.488 e. The molecule has 7 aromatic heterocycles. The molecule has 2 aliphatic carbocycles. The van der Waals surface area contributed by atoms with Crippen LogP contribution in [-0.4, -0.2) is 113 Å². The van der Waals surface area contributed by atoms with E-state index in [0.29, 0.717) is 56.6 Å². The van der Waals surface area contributed by atoms with Crippen LogP contribution in [0.3, 0.4) is 0 Å². The summed E-state index contributed by atoms with van der Waals surface area (Å²) in [7, 11) is -1.34. The molecule has 0 radical (unpaired) electrons. The van der Waals surface area contributed by atoms with Crippen molar-refractivity contribution in [3.8, 4) is 52.0 Å². The van der Waals surface area contributed by atoms with Crippen LogP contribution in [0.1, 0.15) is 94.1 Å². The number of nitrogens with zero attached hydrogens (tertiary/aromatic N) is 15. The lowest BCUT2D eigenvalue weighted by molar-refractivity contribution is -0.385. The van der Waals surface area contributed by atoms with Crippen molar-refractivity contribution in [3.05, 3.63) is 224 Å². The summed E-state index contributed by atoms with van der Waals surface area (Å²) in [5.41, 5.74) is 21.2. The quantitative estimate of drug-likeness (QED) is 0.0358. The number of hydrogen-bond donors (Lipinski definition) is 8. The molecule has 1 saturated heterocycles. The van der Waals surface area contributed by atoms with Crippen LogP contribution in [0.4, 0.5) is 35.2 Å². The molecule has 1 atom stereocenters. The number of nitrogen functional groups attached to an aromatic ring is 3. The molecular formula is C69H72BBr3N20O7. The molecule has 3 aliphatic rings. The number of piperidine rings is 1. The molecule has 3 aromatic carbocycles. The van der Waals surface area contributed by atoms with E-state index in [0.717, 1.165) is 82.8 Å². The highest BCUT2D eigenvalue weighted by Gasteiger charge is 2.20. The van der Waals surface area contributed by atoms with Gasteiger partial charge in [0.2, 0.25) is 29.5 Å². The zero-order chi connectivity index (χ0) is 71.7. The molecular weight excluding hydrogens is 1470 g/mol. The van der Waals surface area contributed by atoms with Crippen molar-refractivity contribution >= 4 is 95.5 Å². The third-order valence-corrected chi connectivity index (χ3v) is 15.4. The van der Waals surface area contributed by atoms with Crippen LogP contribution in [-0.2, 0) is 0 Å². The van der Waals surface area contributed by atoms with Crippen LogP contribution in [0.25, 0.3) is 22.3 Å². The van der Waals surface area contributed by atoms with E-state index in [1.807, 2.05) is 72.8 Å². The molecule has 1 aliphatic heterocycles. The maximum Gasteiger partial charge on any atom is 0.488 e. The van der Waals surface area contributed by atoms with E-state index >= 15 is 0 Å². The molecule has 0 bridgehead atoms. The van der Waals surface area contributed by atoms with E-state index in [9.17, 15) is 15.4 Å². The normalized spacial score (nSPS) is 13.5. The summed E-state index contributed by atoms with van der Waals surface area (Å²) in [5.74, 6) is 2.46. The lowest BCUT2D eigenvalue weighted by Gasteiger charge is -2.24. The second kappa shape index (κ2) is 44.4. The van der Waals surface area contributed by atoms with Crippen LogP contribution in [0.5, 0.6) is 11.5 Å². The molecule has 1 unspecified atom stereocenters. The average molecular weight is 1540 g/mol. The van der Waals surface area contributed by atoms with E-state index in [1.165, 1.54) is 50.8 Å². The minimum atomic E-state index is -1.34. The minimum absolute atomic E-state index is 0.0359. The van der Waals surface area contributed by atoms with Crippen molar-refractivity contribution in [1.29, 1.82) is 15.8 Å². The van der Waals surface area contributed by atoms with Crippen LogP contribution in [0, 0.1) is 44.1 Å². The summed E-state index contributed by atoms with van der Waals surface area (Å²) in [6, 6.07) is 40.9. The predicted molar refractivity (Wildman–Crippen MR) is 392 cm³/mol. The van der Waals surface area contributed by atoms with Crippen LogP contribution in [0.2, 0.25) is 0 Å². The highest BCUT2D eigenvalue weighted by Crippen LogP contribution is 2.29. The van der Waals surface area contributed by atoms with Crippen LogP contribution in [0.15, 0.2) is 197 Å². The lowest BCUT2D eigenvalue weighted by atomic mass is 9.81. The first-order valence-corrected chi connectivity index (χ1v) is 33.7.